The summed E-state index contributed by atoms with van der Waals surface area (Å²) in [5.74, 6) is -2.08. The number of anilines is 2. The number of carbonyl (C=O) groups excluding carboxylic acids is 3. The number of rotatable bonds is 9. The molecule has 2 aromatic carbocycles. The Morgan fingerprint density at radius 2 is 1.76 bits per heavy atom. The lowest BCUT2D eigenvalue weighted by molar-refractivity contribution is -0.384. The van der Waals surface area contributed by atoms with Crippen molar-refractivity contribution in [1.29, 1.82) is 0 Å². The third kappa shape index (κ3) is 6.06. The minimum Gasteiger partial charge on any atom is -0.465 e. The molecule has 0 aliphatic carbocycles. The molecule has 0 atom stereocenters. The highest BCUT2D eigenvalue weighted by molar-refractivity contribution is 6.01. The number of nitro groups is 1. The van der Waals surface area contributed by atoms with Crippen molar-refractivity contribution in [2.24, 2.45) is 0 Å². The Morgan fingerprint density at radius 3 is 2.39 bits per heavy atom. The average molecular weight is 455 g/mol. The Labute approximate surface area is 190 Å². The molecule has 0 N–H and O–H groups in total. The second-order valence-corrected chi connectivity index (χ2v) is 7.35. The van der Waals surface area contributed by atoms with Crippen LogP contribution in [0.4, 0.5) is 17.1 Å². The molecular weight excluding hydrogens is 430 g/mol. The predicted octanol–water partition coefficient (Wildman–Crippen LogP) is 2.95. The molecule has 33 heavy (non-hydrogen) atoms. The predicted molar refractivity (Wildman–Crippen MR) is 120 cm³/mol. The van der Waals surface area contributed by atoms with Crippen LogP contribution in [0.2, 0.25) is 0 Å². The van der Waals surface area contributed by atoms with E-state index in [-0.39, 0.29) is 24.4 Å². The molecule has 174 valence electrons. The van der Waals surface area contributed by atoms with Crippen molar-refractivity contribution in [3.05, 3.63) is 64.2 Å². The fraction of sp³-hybridized carbons (Fsp3) is 0.348. The van der Waals surface area contributed by atoms with Crippen LogP contribution in [0.5, 0.6) is 0 Å². The zero-order valence-corrected chi connectivity index (χ0v) is 18.3. The SMILES string of the molecule is CCOC(=O)CN(C(=O)COC(=O)c1cc([N+](=O)[O-])ccc1N1CCCC1)c1ccccc1. The van der Waals surface area contributed by atoms with Crippen molar-refractivity contribution in [3.8, 4) is 0 Å². The quantitative estimate of drug-likeness (QED) is 0.322. The van der Waals surface area contributed by atoms with E-state index in [1.807, 2.05) is 4.90 Å². The maximum Gasteiger partial charge on any atom is 0.341 e. The van der Waals surface area contributed by atoms with E-state index >= 15 is 0 Å². The monoisotopic (exact) mass is 455 g/mol. The summed E-state index contributed by atoms with van der Waals surface area (Å²) < 4.78 is 10.2. The van der Waals surface area contributed by atoms with E-state index in [0.29, 0.717) is 11.4 Å². The normalized spacial score (nSPS) is 12.8. The number of carbonyl (C=O) groups is 3. The molecule has 1 aliphatic heterocycles. The van der Waals surface area contributed by atoms with Crippen molar-refractivity contribution in [3.63, 3.8) is 0 Å². The first-order chi connectivity index (χ1) is 15.9. The zero-order valence-electron chi connectivity index (χ0n) is 18.3. The second kappa shape index (κ2) is 11.1. The largest absolute Gasteiger partial charge is 0.465 e. The molecule has 0 unspecified atom stereocenters. The number of amides is 1. The van der Waals surface area contributed by atoms with Gasteiger partial charge in [-0.2, -0.15) is 0 Å². The van der Waals surface area contributed by atoms with Crippen molar-refractivity contribution < 1.29 is 28.8 Å². The van der Waals surface area contributed by atoms with Crippen LogP contribution in [-0.4, -0.2) is 55.6 Å². The number of ether oxygens (including phenoxy) is 2. The summed E-state index contributed by atoms with van der Waals surface area (Å²) in [4.78, 5) is 51.4. The van der Waals surface area contributed by atoms with Crippen LogP contribution in [0.3, 0.4) is 0 Å². The number of hydrogen-bond acceptors (Lipinski definition) is 8. The molecule has 0 radical (unpaired) electrons. The highest BCUT2D eigenvalue weighted by Gasteiger charge is 2.26. The number of non-ortho nitro benzene ring substituents is 1. The van der Waals surface area contributed by atoms with Crippen molar-refractivity contribution in [2.75, 3.05) is 42.6 Å². The van der Waals surface area contributed by atoms with Gasteiger partial charge in [0.15, 0.2) is 6.61 Å². The fourth-order valence-corrected chi connectivity index (χ4v) is 3.58. The molecule has 10 heteroatoms. The van der Waals surface area contributed by atoms with Gasteiger partial charge in [0.25, 0.3) is 11.6 Å². The maximum atomic E-state index is 12.9. The molecular formula is C23H25N3O7. The highest BCUT2D eigenvalue weighted by Crippen LogP contribution is 2.29. The Hall–Kier alpha value is -3.95. The van der Waals surface area contributed by atoms with Gasteiger partial charge in [0, 0.05) is 30.9 Å². The van der Waals surface area contributed by atoms with Crippen LogP contribution in [-0.2, 0) is 19.1 Å². The van der Waals surface area contributed by atoms with Crippen molar-refractivity contribution in [1.82, 2.24) is 0 Å². The van der Waals surface area contributed by atoms with E-state index in [0.717, 1.165) is 32.0 Å². The van der Waals surface area contributed by atoms with E-state index < -0.39 is 29.4 Å². The van der Waals surface area contributed by atoms with Gasteiger partial charge >= 0.3 is 11.9 Å². The third-order valence-electron chi connectivity index (χ3n) is 5.15. The van der Waals surface area contributed by atoms with Gasteiger partial charge in [0.2, 0.25) is 0 Å². The van der Waals surface area contributed by atoms with E-state index in [4.69, 9.17) is 9.47 Å². The molecule has 2 aromatic rings. The van der Waals surface area contributed by atoms with Gasteiger partial charge in [0.1, 0.15) is 6.54 Å². The van der Waals surface area contributed by atoms with Crippen LogP contribution >= 0.6 is 0 Å². The van der Waals surface area contributed by atoms with E-state index in [1.165, 1.54) is 17.0 Å². The summed E-state index contributed by atoms with van der Waals surface area (Å²) in [6.07, 6.45) is 1.90. The first-order valence-corrected chi connectivity index (χ1v) is 10.6. The number of esters is 2. The summed E-state index contributed by atoms with van der Waals surface area (Å²) in [7, 11) is 0. The molecule has 1 saturated heterocycles. The minimum absolute atomic E-state index is 0.0237. The van der Waals surface area contributed by atoms with Crippen LogP contribution in [0.25, 0.3) is 0 Å². The molecule has 10 nitrogen and oxygen atoms in total. The highest BCUT2D eigenvalue weighted by atomic mass is 16.6. The average Bonchev–Trinajstić information content (AvgIpc) is 3.36. The van der Waals surface area contributed by atoms with Gasteiger partial charge < -0.3 is 14.4 Å². The van der Waals surface area contributed by atoms with Gasteiger partial charge in [-0.1, -0.05) is 18.2 Å². The Kier molecular flexibility index (Phi) is 7.96. The topological polar surface area (TPSA) is 119 Å². The molecule has 3 rings (SSSR count). The fourth-order valence-electron chi connectivity index (χ4n) is 3.58. The molecule has 0 aromatic heterocycles. The van der Waals surface area contributed by atoms with Crippen molar-refractivity contribution >= 4 is 34.9 Å². The second-order valence-electron chi connectivity index (χ2n) is 7.35. The van der Waals surface area contributed by atoms with Gasteiger partial charge in [-0.15, -0.1) is 0 Å². The van der Waals surface area contributed by atoms with E-state index in [2.05, 4.69) is 0 Å². The minimum atomic E-state index is -0.849. The first kappa shape index (κ1) is 23.7. The molecule has 0 saturated carbocycles. The summed E-state index contributed by atoms with van der Waals surface area (Å²) in [6.45, 7) is 2.28. The van der Waals surface area contributed by atoms with Crippen LogP contribution < -0.4 is 9.80 Å². The molecule has 1 heterocycles. The van der Waals surface area contributed by atoms with Crippen LogP contribution in [0.15, 0.2) is 48.5 Å². The number of nitrogens with zero attached hydrogens (tertiary/aromatic N) is 3. The smallest absolute Gasteiger partial charge is 0.341 e. The third-order valence-corrected chi connectivity index (χ3v) is 5.15. The number of hydrogen-bond donors (Lipinski definition) is 0. The number of benzene rings is 2. The lowest BCUT2D eigenvalue weighted by Gasteiger charge is -2.22. The van der Waals surface area contributed by atoms with E-state index in [1.54, 1.807) is 37.3 Å². The Bertz CT molecular complexity index is 1020. The Morgan fingerprint density at radius 1 is 1.06 bits per heavy atom. The standard InChI is InChI=1S/C23H25N3O7/c1-2-32-22(28)15-25(17-8-4-3-5-9-17)21(27)16-33-23(29)19-14-18(26(30)31)10-11-20(19)24-12-6-7-13-24/h3-5,8-11,14H,2,6-7,12-13,15-16H2,1H3. The van der Waals surface area contributed by atoms with Gasteiger partial charge in [-0.3, -0.25) is 24.6 Å². The van der Waals surface area contributed by atoms with E-state index in [9.17, 15) is 24.5 Å². The zero-order chi connectivity index (χ0) is 23.8. The molecule has 1 fully saturated rings. The van der Waals surface area contributed by atoms with Gasteiger partial charge in [-0.05, 0) is 38.0 Å². The molecule has 1 aliphatic rings. The lowest BCUT2D eigenvalue weighted by Crippen LogP contribution is -2.39. The van der Waals surface area contributed by atoms with Crippen LogP contribution in [0.1, 0.15) is 30.1 Å². The Balaban J connectivity index is 1.77. The summed E-state index contributed by atoms with van der Waals surface area (Å²) in [6, 6.07) is 12.5. The summed E-state index contributed by atoms with van der Waals surface area (Å²) in [5, 5.41) is 11.2. The summed E-state index contributed by atoms with van der Waals surface area (Å²) in [5.41, 5.74) is 0.752. The van der Waals surface area contributed by atoms with Gasteiger partial charge in [0.05, 0.1) is 22.8 Å². The first-order valence-electron chi connectivity index (χ1n) is 10.6. The van der Waals surface area contributed by atoms with Gasteiger partial charge in [-0.25, -0.2) is 4.79 Å². The number of para-hydroxylation sites is 1. The lowest BCUT2D eigenvalue weighted by atomic mass is 10.1. The van der Waals surface area contributed by atoms with Crippen molar-refractivity contribution in [2.45, 2.75) is 19.8 Å². The number of nitro benzene ring substituents is 1. The molecule has 0 bridgehead atoms. The van der Waals surface area contributed by atoms with Crippen LogP contribution in [0, 0.1) is 10.1 Å². The molecule has 1 amide bonds. The summed E-state index contributed by atoms with van der Waals surface area (Å²) >= 11 is 0. The molecule has 0 spiro atoms. The maximum absolute atomic E-state index is 12.9.